The number of carbonyl (C=O) groups is 1. The average molecular weight is 156 g/mol. The van der Waals surface area contributed by atoms with Gasteiger partial charge in [0.05, 0.1) is 0 Å². The molecule has 0 unspecified atom stereocenters. The Morgan fingerprint density at radius 3 is 2.91 bits per heavy atom. The Bertz CT molecular complexity index is 280. The van der Waals surface area contributed by atoms with Gasteiger partial charge in [-0.1, -0.05) is 0 Å². The van der Waals surface area contributed by atoms with Gasteiger partial charge in [-0.05, 0) is 0 Å². The lowest BCUT2D eigenvalue weighted by molar-refractivity contribution is 0.209. The van der Waals surface area contributed by atoms with Crippen LogP contribution >= 0.6 is 0 Å². The lowest BCUT2D eigenvalue weighted by Crippen LogP contribution is -2.10. The molecule has 0 aliphatic carbocycles. The molecule has 0 aliphatic rings. The molecule has 0 saturated carbocycles. The highest BCUT2D eigenvalue weighted by Crippen LogP contribution is 2.09. The summed E-state index contributed by atoms with van der Waals surface area (Å²) in [4.78, 5) is 10.1. The third kappa shape index (κ3) is 1.60. The summed E-state index contributed by atoms with van der Waals surface area (Å²) in [6.07, 6.45) is -1.13. The highest BCUT2D eigenvalue weighted by atomic mass is 16.4. The Morgan fingerprint density at radius 1 is 1.91 bits per heavy atom. The van der Waals surface area contributed by atoms with Crippen molar-refractivity contribution in [3.8, 4) is 0 Å². The molecular formula is C5H8N4O2. The van der Waals surface area contributed by atoms with Crippen LogP contribution in [0.2, 0.25) is 0 Å². The minimum absolute atomic E-state index is 0.288. The first-order valence-electron chi connectivity index (χ1n) is 2.89. The van der Waals surface area contributed by atoms with Crippen molar-refractivity contribution in [3.63, 3.8) is 0 Å². The van der Waals surface area contributed by atoms with E-state index in [1.165, 1.54) is 10.7 Å². The first-order chi connectivity index (χ1) is 5.09. The van der Waals surface area contributed by atoms with E-state index in [0.717, 1.165) is 0 Å². The number of anilines is 2. The Labute approximate surface area is 62.6 Å². The summed E-state index contributed by atoms with van der Waals surface area (Å²) >= 11 is 0. The number of nitrogens with one attached hydrogen (secondary N) is 1. The normalized spacial score (nSPS) is 9.55. The summed E-state index contributed by atoms with van der Waals surface area (Å²) in [6, 6.07) is 1.44. The average Bonchev–Trinajstić information content (AvgIpc) is 2.09. The molecule has 11 heavy (non-hydrogen) atoms. The number of nitrogen functional groups attached to an aromatic ring is 1. The maximum Gasteiger partial charge on any atom is 0.410 e. The topological polar surface area (TPSA) is 93.2 Å². The maximum absolute atomic E-state index is 10.1. The van der Waals surface area contributed by atoms with E-state index >= 15 is 0 Å². The molecule has 6 nitrogen and oxygen atoms in total. The van der Waals surface area contributed by atoms with Crippen LogP contribution in [0, 0.1) is 0 Å². The first-order valence-corrected chi connectivity index (χ1v) is 2.89. The zero-order valence-electron chi connectivity index (χ0n) is 5.90. The molecule has 1 amide bonds. The summed E-state index contributed by atoms with van der Waals surface area (Å²) in [5.41, 5.74) is 5.29. The van der Waals surface area contributed by atoms with Crippen molar-refractivity contribution in [1.29, 1.82) is 0 Å². The van der Waals surface area contributed by atoms with Gasteiger partial charge in [-0.2, -0.15) is 5.10 Å². The third-order valence-corrected chi connectivity index (χ3v) is 1.13. The summed E-state index contributed by atoms with van der Waals surface area (Å²) in [5, 5.41) is 14.2. The van der Waals surface area contributed by atoms with E-state index in [4.69, 9.17) is 10.8 Å². The smallest absolute Gasteiger partial charge is 0.410 e. The van der Waals surface area contributed by atoms with Crippen LogP contribution in [0.1, 0.15) is 0 Å². The molecule has 1 aromatic heterocycles. The highest BCUT2D eigenvalue weighted by Gasteiger charge is 2.03. The van der Waals surface area contributed by atoms with Crippen molar-refractivity contribution < 1.29 is 9.90 Å². The number of hydrogen-bond acceptors (Lipinski definition) is 3. The molecule has 0 fully saturated rings. The molecule has 0 bridgehead atoms. The van der Waals surface area contributed by atoms with E-state index in [0.29, 0.717) is 5.82 Å². The second kappa shape index (κ2) is 2.49. The van der Waals surface area contributed by atoms with Crippen molar-refractivity contribution in [1.82, 2.24) is 9.78 Å². The fraction of sp³-hybridized carbons (Fsp3) is 0.200. The van der Waals surface area contributed by atoms with E-state index in [-0.39, 0.29) is 5.82 Å². The molecule has 1 heterocycles. The lowest BCUT2D eigenvalue weighted by Gasteiger charge is -1.97. The van der Waals surface area contributed by atoms with E-state index in [2.05, 4.69) is 10.4 Å². The van der Waals surface area contributed by atoms with E-state index in [1.807, 2.05) is 0 Å². The van der Waals surface area contributed by atoms with Gasteiger partial charge in [-0.15, -0.1) is 0 Å². The van der Waals surface area contributed by atoms with Gasteiger partial charge < -0.3 is 10.8 Å². The molecule has 0 atom stereocenters. The summed E-state index contributed by atoms with van der Waals surface area (Å²) < 4.78 is 1.35. The molecule has 0 aliphatic heterocycles. The Morgan fingerprint density at radius 2 is 2.55 bits per heavy atom. The largest absolute Gasteiger partial charge is 0.465 e. The Hall–Kier alpha value is -1.72. The van der Waals surface area contributed by atoms with Crippen LogP contribution < -0.4 is 11.1 Å². The summed E-state index contributed by atoms with van der Waals surface area (Å²) in [7, 11) is 1.60. The van der Waals surface area contributed by atoms with Crippen LogP contribution in [0.25, 0.3) is 0 Å². The second-order valence-electron chi connectivity index (χ2n) is 2.01. The van der Waals surface area contributed by atoms with Crippen molar-refractivity contribution in [3.05, 3.63) is 6.07 Å². The minimum atomic E-state index is -1.13. The molecule has 1 rings (SSSR count). The zero-order chi connectivity index (χ0) is 8.43. The van der Waals surface area contributed by atoms with Crippen LogP contribution in [-0.2, 0) is 7.05 Å². The molecule has 0 aromatic carbocycles. The fourth-order valence-electron chi connectivity index (χ4n) is 0.716. The molecule has 1 aromatic rings. The zero-order valence-corrected chi connectivity index (χ0v) is 5.90. The van der Waals surface area contributed by atoms with Gasteiger partial charge in [0.15, 0.2) is 0 Å². The number of hydrogen-bond donors (Lipinski definition) is 3. The summed E-state index contributed by atoms with van der Waals surface area (Å²) in [5.74, 6) is 0.645. The fourth-order valence-corrected chi connectivity index (χ4v) is 0.716. The predicted octanol–water partition coefficient (Wildman–Crippen LogP) is 0.0922. The van der Waals surface area contributed by atoms with Gasteiger partial charge in [-0.25, -0.2) is 4.79 Å². The first kappa shape index (κ1) is 7.39. The van der Waals surface area contributed by atoms with Crippen LogP contribution in [0.15, 0.2) is 6.07 Å². The highest BCUT2D eigenvalue weighted by molar-refractivity contribution is 5.82. The van der Waals surface area contributed by atoms with E-state index in [1.54, 1.807) is 7.05 Å². The van der Waals surface area contributed by atoms with Crippen LogP contribution in [0.3, 0.4) is 0 Å². The minimum Gasteiger partial charge on any atom is -0.465 e. The quantitative estimate of drug-likeness (QED) is 0.537. The molecule has 0 radical (unpaired) electrons. The van der Waals surface area contributed by atoms with Crippen LogP contribution in [-0.4, -0.2) is 21.0 Å². The van der Waals surface area contributed by atoms with E-state index in [9.17, 15) is 4.79 Å². The number of aryl methyl sites for hydroxylation is 1. The van der Waals surface area contributed by atoms with Gasteiger partial charge in [0, 0.05) is 13.1 Å². The number of rotatable bonds is 1. The van der Waals surface area contributed by atoms with Gasteiger partial charge in [0.25, 0.3) is 0 Å². The number of aromatic nitrogens is 2. The van der Waals surface area contributed by atoms with Crippen molar-refractivity contribution in [2.45, 2.75) is 0 Å². The Balaban J connectivity index is 2.85. The van der Waals surface area contributed by atoms with Crippen molar-refractivity contribution >= 4 is 17.7 Å². The van der Waals surface area contributed by atoms with Crippen LogP contribution in [0.5, 0.6) is 0 Å². The lowest BCUT2D eigenvalue weighted by atomic mass is 10.6. The maximum atomic E-state index is 10.1. The molecule has 6 heteroatoms. The van der Waals surface area contributed by atoms with Crippen molar-refractivity contribution in [2.24, 2.45) is 7.05 Å². The molecule has 60 valence electrons. The molecule has 4 N–H and O–H groups in total. The monoisotopic (exact) mass is 156 g/mol. The summed E-state index contributed by atoms with van der Waals surface area (Å²) in [6.45, 7) is 0. The van der Waals surface area contributed by atoms with Crippen LogP contribution in [0.4, 0.5) is 16.4 Å². The van der Waals surface area contributed by atoms with Crippen molar-refractivity contribution in [2.75, 3.05) is 11.1 Å². The number of nitrogens with two attached hydrogens (primary N) is 1. The number of amides is 1. The number of nitrogens with zero attached hydrogens (tertiary/aromatic N) is 2. The number of carboxylic acid groups (broad SMARTS) is 1. The molecule has 0 saturated heterocycles. The molecule has 0 spiro atoms. The van der Waals surface area contributed by atoms with Gasteiger partial charge >= 0.3 is 6.09 Å². The SMILES string of the molecule is Cn1nc(N)cc1NC(=O)O. The van der Waals surface area contributed by atoms with Gasteiger partial charge in [0.2, 0.25) is 0 Å². The van der Waals surface area contributed by atoms with Gasteiger partial charge in [-0.3, -0.25) is 10.00 Å². The Kier molecular flexibility index (Phi) is 1.67. The molecular weight excluding hydrogens is 148 g/mol. The third-order valence-electron chi connectivity index (χ3n) is 1.13. The van der Waals surface area contributed by atoms with Gasteiger partial charge in [0.1, 0.15) is 11.6 Å². The van der Waals surface area contributed by atoms with E-state index < -0.39 is 6.09 Å². The predicted molar refractivity (Wildman–Crippen MR) is 39.3 cm³/mol. The standard InChI is InChI=1S/C5H8N4O2/c1-9-4(7-5(10)11)2-3(6)8-9/h2,7H,1H3,(H2,6,8)(H,10,11). The second-order valence-corrected chi connectivity index (χ2v) is 2.01.